The van der Waals surface area contributed by atoms with Crippen LogP contribution in [0, 0.1) is 18.8 Å². The fourth-order valence-electron chi connectivity index (χ4n) is 3.52. The number of fused-ring (bicyclic) bond motifs is 2. The van der Waals surface area contributed by atoms with Crippen molar-refractivity contribution in [2.75, 3.05) is 18.0 Å². The van der Waals surface area contributed by atoms with Crippen molar-refractivity contribution in [2.24, 2.45) is 11.8 Å². The third-order valence-corrected chi connectivity index (χ3v) is 4.62. The molecule has 122 valence electrons. The van der Waals surface area contributed by atoms with Gasteiger partial charge in [-0.1, -0.05) is 12.2 Å². The zero-order valence-electron chi connectivity index (χ0n) is 12.6. The van der Waals surface area contributed by atoms with Crippen molar-refractivity contribution in [3.63, 3.8) is 0 Å². The highest BCUT2D eigenvalue weighted by atomic mass is 19.4. The summed E-state index contributed by atoms with van der Waals surface area (Å²) in [6.45, 7) is 3.42. The van der Waals surface area contributed by atoms with Crippen molar-refractivity contribution >= 4 is 11.6 Å². The molecule has 8 heteroatoms. The van der Waals surface area contributed by atoms with Crippen LogP contribution in [0.2, 0.25) is 0 Å². The van der Waals surface area contributed by atoms with Gasteiger partial charge in [-0.25, -0.2) is 4.98 Å². The highest BCUT2D eigenvalue weighted by Gasteiger charge is 2.38. The molecule has 23 heavy (non-hydrogen) atoms. The maximum atomic E-state index is 12.9. The quantitative estimate of drug-likeness (QED) is 0.757. The van der Waals surface area contributed by atoms with Gasteiger partial charge in [0.1, 0.15) is 5.82 Å². The molecule has 1 saturated heterocycles. The Balaban J connectivity index is 1.76. The molecule has 2 unspecified atom stereocenters. The van der Waals surface area contributed by atoms with E-state index < -0.39 is 12.0 Å². The number of anilines is 1. The molecule has 0 amide bonds. The van der Waals surface area contributed by atoms with Gasteiger partial charge < -0.3 is 4.90 Å². The van der Waals surface area contributed by atoms with E-state index in [1.54, 1.807) is 13.0 Å². The van der Waals surface area contributed by atoms with Crippen LogP contribution < -0.4 is 4.90 Å². The molecule has 1 aliphatic carbocycles. The summed E-state index contributed by atoms with van der Waals surface area (Å²) < 4.78 is 39.9. The molecular formula is C15H16F3N5. The standard InChI is InChI=1S/C15H16F3N5/c1-9-6-12(22-7-10-4-2-3-5-11(10)8-22)23-14(19-9)20-13(21-23)15(16,17)18/h2-3,6,10-11H,4-5,7-8H2,1H3. The lowest BCUT2D eigenvalue weighted by Crippen LogP contribution is -2.23. The van der Waals surface area contributed by atoms with E-state index in [-0.39, 0.29) is 5.78 Å². The molecule has 3 heterocycles. The molecule has 1 aliphatic heterocycles. The number of hydrogen-bond acceptors (Lipinski definition) is 4. The fraction of sp³-hybridized carbons (Fsp3) is 0.533. The number of hydrogen-bond donors (Lipinski definition) is 0. The highest BCUT2D eigenvalue weighted by Crippen LogP contribution is 2.36. The summed E-state index contributed by atoms with van der Waals surface area (Å²) in [6, 6.07) is 1.78. The van der Waals surface area contributed by atoms with E-state index in [2.05, 4.69) is 32.1 Å². The molecule has 0 spiro atoms. The second kappa shape index (κ2) is 4.94. The van der Waals surface area contributed by atoms with E-state index in [0.29, 0.717) is 23.3 Å². The van der Waals surface area contributed by atoms with Gasteiger partial charge in [-0.15, -0.1) is 5.10 Å². The molecule has 0 bridgehead atoms. The zero-order valence-corrected chi connectivity index (χ0v) is 12.6. The second-order valence-electron chi connectivity index (χ2n) is 6.27. The van der Waals surface area contributed by atoms with Crippen molar-refractivity contribution in [1.82, 2.24) is 19.6 Å². The van der Waals surface area contributed by atoms with Crippen LogP contribution in [0.25, 0.3) is 5.78 Å². The summed E-state index contributed by atoms with van der Waals surface area (Å²) in [4.78, 5) is 9.74. The minimum Gasteiger partial charge on any atom is -0.356 e. The molecule has 2 aromatic rings. The third-order valence-electron chi connectivity index (χ3n) is 4.62. The minimum atomic E-state index is -4.57. The molecule has 2 aromatic heterocycles. The van der Waals surface area contributed by atoms with Gasteiger partial charge in [-0.3, -0.25) is 0 Å². The van der Waals surface area contributed by atoms with Gasteiger partial charge in [0, 0.05) is 24.8 Å². The van der Waals surface area contributed by atoms with Crippen LogP contribution in [-0.2, 0) is 6.18 Å². The van der Waals surface area contributed by atoms with Crippen molar-refractivity contribution in [3.8, 4) is 0 Å². The molecule has 1 fully saturated rings. The van der Waals surface area contributed by atoms with Crippen molar-refractivity contribution < 1.29 is 13.2 Å². The number of alkyl halides is 3. The first-order valence-corrected chi connectivity index (χ1v) is 7.63. The lowest BCUT2D eigenvalue weighted by atomic mass is 9.86. The lowest BCUT2D eigenvalue weighted by molar-refractivity contribution is -0.144. The second-order valence-corrected chi connectivity index (χ2v) is 6.27. The Labute approximate surface area is 130 Å². The monoisotopic (exact) mass is 323 g/mol. The molecule has 0 radical (unpaired) electrons. The number of aryl methyl sites for hydroxylation is 1. The first kappa shape index (κ1) is 14.5. The first-order chi connectivity index (χ1) is 10.9. The van der Waals surface area contributed by atoms with E-state index in [9.17, 15) is 13.2 Å². The number of halogens is 3. The summed E-state index contributed by atoms with van der Waals surface area (Å²) in [5, 5.41) is 3.65. The van der Waals surface area contributed by atoms with Gasteiger partial charge in [0.15, 0.2) is 0 Å². The molecule has 2 atom stereocenters. The van der Waals surface area contributed by atoms with Gasteiger partial charge in [-0.05, 0) is 31.6 Å². The Bertz CT molecular complexity index is 763. The van der Waals surface area contributed by atoms with Gasteiger partial charge in [0.05, 0.1) is 0 Å². The van der Waals surface area contributed by atoms with Crippen LogP contribution in [0.15, 0.2) is 18.2 Å². The smallest absolute Gasteiger partial charge is 0.356 e. The normalized spacial score (nSPS) is 24.4. The van der Waals surface area contributed by atoms with E-state index in [1.807, 2.05) is 0 Å². The van der Waals surface area contributed by atoms with Gasteiger partial charge in [-0.2, -0.15) is 22.7 Å². The Morgan fingerprint density at radius 1 is 1.09 bits per heavy atom. The summed E-state index contributed by atoms with van der Waals surface area (Å²) >= 11 is 0. The van der Waals surface area contributed by atoms with E-state index >= 15 is 0 Å². The SMILES string of the molecule is Cc1cc(N2CC3CC=CCC3C2)n2nc(C(F)(F)F)nc2n1. The number of rotatable bonds is 1. The number of allylic oxidation sites excluding steroid dienone is 2. The molecular weight excluding hydrogens is 307 g/mol. The van der Waals surface area contributed by atoms with Crippen LogP contribution in [-0.4, -0.2) is 32.7 Å². The topological polar surface area (TPSA) is 46.3 Å². The first-order valence-electron chi connectivity index (χ1n) is 7.63. The fourth-order valence-corrected chi connectivity index (χ4v) is 3.52. The molecule has 2 aliphatic rings. The summed E-state index contributed by atoms with van der Waals surface area (Å²) in [6.07, 6.45) is 1.87. The summed E-state index contributed by atoms with van der Waals surface area (Å²) in [5.41, 5.74) is 0.640. The predicted octanol–water partition coefficient (Wildman–Crippen LogP) is 2.85. The number of aromatic nitrogens is 4. The van der Waals surface area contributed by atoms with Crippen LogP contribution in [0.5, 0.6) is 0 Å². The van der Waals surface area contributed by atoms with Crippen LogP contribution in [0.3, 0.4) is 0 Å². The van der Waals surface area contributed by atoms with Crippen LogP contribution in [0.1, 0.15) is 24.4 Å². The van der Waals surface area contributed by atoms with E-state index in [0.717, 1.165) is 25.9 Å². The zero-order chi connectivity index (χ0) is 16.2. The van der Waals surface area contributed by atoms with Crippen molar-refractivity contribution in [2.45, 2.75) is 25.9 Å². The maximum absolute atomic E-state index is 12.9. The van der Waals surface area contributed by atoms with Gasteiger partial charge >= 0.3 is 6.18 Å². The lowest BCUT2D eigenvalue weighted by Gasteiger charge is -2.19. The van der Waals surface area contributed by atoms with Crippen molar-refractivity contribution in [1.29, 1.82) is 0 Å². The van der Waals surface area contributed by atoms with Crippen LogP contribution >= 0.6 is 0 Å². The third kappa shape index (κ3) is 2.46. The number of nitrogens with zero attached hydrogens (tertiary/aromatic N) is 5. The Morgan fingerprint density at radius 3 is 2.35 bits per heavy atom. The highest BCUT2D eigenvalue weighted by molar-refractivity contribution is 5.49. The summed E-state index contributed by atoms with van der Waals surface area (Å²) in [7, 11) is 0. The Hall–Kier alpha value is -2.12. The average Bonchev–Trinajstić information content (AvgIpc) is 3.09. The Kier molecular flexibility index (Phi) is 3.11. The van der Waals surface area contributed by atoms with E-state index in [1.165, 1.54) is 4.52 Å². The van der Waals surface area contributed by atoms with E-state index in [4.69, 9.17) is 0 Å². The predicted molar refractivity (Wildman–Crippen MR) is 78.1 cm³/mol. The molecule has 0 saturated carbocycles. The van der Waals surface area contributed by atoms with Gasteiger partial charge in [0.2, 0.25) is 0 Å². The Morgan fingerprint density at radius 2 is 1.74 bits per heavy atom. The van der Waals surface area contributed by atoms with Gasteiger partial charge in [0.25, 0.3) is 11.6 Å². The average molecular weight is 323 g/mol. The molecule has 0 aromatic carbocycles. The largest absolute Gasteiger partial charge is 0.453 e. The minimum absolute atomic E-state index is 0.000298. The molecule has 4 rings (SSSR count). The van der Waals surface area contributed by atoms with Crippen molar-refractivity contribution in [3.05, 3.63) is 29.7 Å². The van der Waals surface area contributed by atoms with Crippen LogP contribution in [0.4, 0.5) is 19.0 Å². The molecule has 0 N–H and O–H groups in total. The molecule has 5 nitrogen and oxygen atoms in total. The summed E-state index contributed by atoms with van der Waals surface area (Å²) in [5.74, 6) is 0.601. The maximum Gasteiger partial charge on any atom is 0.453 e.